The second-order valence-electron chi connectivity index (χ2n) is 5.24. The summed E-state index contributed by atoms with van der Waals surface area (Å²) in [6.07, 6.45) is 6.57. The quantitative estimate of drug-likeness (QED) is 0.296. The summed E-state index contributed by atoms with van der Waals surface area (Å²) in [5, 5.41) is 8.76. The minimum atomic E-state index is -1.26. The van der Waals surface area contributed by atoms with E-state index in [0.29, 0.717) is 12.8 Å². The van der Waals surface area contributed by atoms with E-state index in [1.165, 1.54) is 14.0 Å². The van der Waals surface area contributed by atoms with Gasteiger partial charge in [-0.25, -0.2) is 0 Å². The number of rotatable bonds is 9. The number of alkyl halides is 1. The Bertz CT molecular complexity index is 422. The first-order valence-corrected chi connectivity index (χ1v) is 7.77. The predicted octanol–water partition coefficient (Wildman–Crippen LogP) is 3.33. The Labute approximate surface area is 135 Å². The first-order valence-electron chi connectivity index (χ1n) is 6.98. The first kappa shape index (κ1) is 20.1. The molecule has 0 rings (SSSR count). The Kier molecular flexibility index (Phi) is 9.46. The minimum absolute atomic E-state index is 0.0698. The highest BCUT2D eigenvalue weighted by atomic mass is 79.9. The molecule has 0 aliphatic carbocycles. The summed E-state index contributed by atoms with van der Waals surface area (Å²) in [6.45, 7) is 5.54. The van der Waals surface area contributed by atoms with Crippen LogP contribution in [0.5, 0.6) is 0 Å². The van der Waals surface area contributed by atoms with Crippen LogP contribution in [0.15, 0.2) is 23.3 Å². The molecular weight excluding hydrogens is 336 g/mol. The van der Waals surface area contributed by atoms with Crippen molar-refractivity contribution in [1.29, 1.82) is 0 Å². The average Bonchev–Trinajstić information content (AvgIpc) is 2.43. The zero-order valence-corrected chi connectivity index (χ0v) is 14.8. The van der Waals surface area contributed by atoms with Crippen LogP contribution in [0.3, 0.4) is 0 Å². The van der Waals surface area contributed by atoms with Crippen molar-refractivity contribution in [3.63, 3.8) is 0 Å². The van der Waals surface area contributed by atoms with E-state index in [-0.39, 0.29) is 12.4 Å². The van der Waals surface area contributed by atoms with Crippen LogP contribution in [0.4, 0.5) is 0 Å². The van der Waals surface area contributed by atoms with E-state index in [1.807, 2.05) is 13.8 Å². The number of esters is 1. The van der Waals surface area contributed by atoms with Crippen molar-refractivity contribution in [2.75, 3.05) is 13.7 Å². The fourth-order valence-electron chi connectivity index (χ4n) is 1.76. The van der Waals surface area contributed by atoms with E-state index in [2.05, 4.69) is 26.7 Å². The summed E-state index contributed by atoms with van der Waals surface area (Å²) in [6, 6.07) is 0. The number of aliphatic hydroxyl groups is 1. The average molecular weight is 361 g/mol. The third-order valence-electron chi connectivity index (χ3n) is 3.31. The third-order valence-corrected chi connectivity index (χ3v) is 4.08. The molecule has 0 aromatic rings. The fraction of sp³-hybridized carbons (Fsp3) is 0.625. The van der Waals surface area contributed by atoms with Crippen LogP contribution < -0.4 is 0 Å². The van der Waals surface area contributed by atoms with Crippen LogP contribution in [0.25, 0.3) is 0 Å². The van der Waals surface area contributed by atoms with Crippen molar-refractivity contribution in [1.82, 2.24) is 0 Å². The lowest BCUT2D eigenvalue weighted by Gasteiger charge is -2.17. The number of ether oxygens (including phenoxy) is 1. The van der Waals surface area contributed by atoms with E-state index in [9.17, 15) is 9.59 Å². The molecule has 0 aromatic carbocycles. The normalized spacial score (nSPS) is 15.5. The molecule has 0 saturated carbocycles. The van der Waals surface area contributed by atoms with E-state index in [4.69, 9.17) is 5.11 Å². The van der Waals surface area contributed by atoms with Crippen LogP contribution in [-0.4, -0.2) is 34.9 Å². The molecule has 5 heteroatoms. The van der Waals surface area contributed by atoms with Gasteiger partial charge in [-0.05, 0) is 40.0 Å². The first-order chi connectivity index (χ1) is 9.75. The molecular formula is C16H25BrO4. The summed E-state index contributed by atoms with van der Waals surface area (Å²) in [4.78, 5) is 23.5. The molecule has 0 heterocycles. The maximum Gasteiger partial charge on any atom is 0.329 e. The van der Waals surface area contributed by atoms with Crippen molar-refractivity contribution in [3.8, 4) is 0 Å². The Morgan fingerprint density at radius 2 is 1.71 bits per heavy atom. The SMILES string of the molecule is COC(=O)C(C)(Br)C(=O)CCC(C)=CCC/C(C)=C/CO. The number of hydrogen-bond donors (Lipinski definition) is 1. The summed E-state index contributed by atoms with van der Waals surface area (Å²) in [5.74, 6) is -0.752. The van der Waals surface area contributed by atoms with Gasteiger partial charge in [0.15, 0.2) is 10.1 Å². The van der Waals surface area contributed by atoms with Crippen molar-refractivity contribution in [3.05, 3.63) is 23.3 Å². The molecule has 0 aromatic heterocycles. The Morgan fingerprint density at radius 3 is 2.24 bits per heavy atom. The number of allylic oxidation sites excluding steroid dienone is 3. The third kappa shape index (κ3) is 7.58. The lowest BCUT2D eigenvalue weighted by atomic mass is 9.99. The van der Waals surface area contributed by atoms with E-state index in [1.54, 1.807) is 6.08 Å². The van der Waals surface area contributed by atoms with Crippen LogP contribution in [0.2, 0.25) is 0 Å². The van der Waals surface area contributed by atoms with Gasteiger partial charge in [-0.3, -0.25) is 9.59 Å². The van der Waals surface area contributed by atoms with Gasteiger partial charge in [0.25, 0.3) is 0 Å². The summed E-state index contributed by atoms with van der Waals surface area (Å²) < 4.78 is 3.35. The van der Waals surface area contributed by atoms with Crippen LogP contribution >= 0.6 is 15.9 Å². The lowest BCUT2D eigenvalue weighted by Crippen LogP contribution is -2.38. The number of halogens is 1. The highest BCUT2D eigenvalue weighted by Gasteiger charge is 2.38. The second-order valence-corrected chi connectivity index (χ2v) is 6.83. The number of ketones is 1. The lowest BCUT2D eigenvalue weighted by molar-refractivity contribution is -0.146. The number of methoxy groups -OCH3 is 1. The van der Waals surface area contributed by atoms with Gasteiger partial charge in [0.2, 0.25) is 0 Å². The molecule has 0 radical (unpaired) electrons. The highest BCUT2D eigenvalue weighted by Crippen LogP contribution is 2.24. The van der Waals surface area contributed by atoms with Gasteiger partial charge in [0.1, 0.15) is 0 Å². The van der Waals surface area contributed by atoms with Crippen LogP contribution in [0, 0.1) is 0 Å². The van der Waals surface area contributed by atoms with Gasteiger partial charge in [0.05, 0.1) is 13.7 Å². The number of Topliss-reactive ketones (excluding diaryl/α,β-unsaturated/α-hetero) is 1. The van der Waals surface area contributed by atoms with E-state index >= 15 is 0 Å². The van der Waals surface area contributed by atoms with Gasteiger partial charge in [-0.2, -0.15) is 0 Å². The molecule has 0 saturated heterocycles. The highest BCUT2D eigenvalue weighted by molar-refractivity contribution is 9.10. The molecule has 1 atom stereocenters. The summed E-state index contributed by atoms with van der Waals surface area (Å²) in [7, 11) is 1.27. The summed E-state index contributed by atoms with van der Waals surface area (Å²) in [5.41, 5.74) is 2.27. The molecule has 0 aliphatic rings. The molecule has 4 nitrogen and oxygen atoms in total. The largest absolute Gasteiger partial charge is 0.468 e. The fourth-order valence-corrected chi connectivity index (χ4v) is 2.12. The number of hydrogen-bond acceptors (Lipinski definition) is 4. The summed E-state index contributed by atoms with van der Waals surface area (Å²) >= 11 is 3.14. The zero-order valence-electron chi connectivity index (χ0n) is 13.2. The molecule has 0 fully saturated rings. The Morgan fingerprint density at radius 1 is 1.14 bits per heavy atom. The van der Waals surface area contributed by atoms with E-state index < -0.39 is 10.3 Å². The molecule has 0 amide bonds. The van der Waals surface area contributed by atoms with Gasteiger partial charge in [-0.1, -0.05) is 39.2 Å². The smallest absolute Gasteiger partial charge is 0.329 e. The maximum absolute atomic E-state index is 12.0. The molecule has 0 aliphatic heterocycles. The molecule has 120 valence electrons. The van der Waals surface area contributed by atoms with Crippen molar-refractivity contribution < 1.29 is 19.4 Å². The molecule has 1 N–H and O–H groups in total. The minimum Gasteiger partial charge on any atom is -0.468 e. The van der Waals surface area contributed by atoms with Crippen LogP contribution in [-0.2, 0) is 14.3 Å². The van der Waals surface area contributed by atoms with Crippen LogP contribution in [0.1, 0.15) is 46.5 Å². The number of carbonyl (C=O) groups is 2. The topological polar surface area (TPSA) is 63.6 Å². The van der Waals surface area contributed by atoms with Gasteiger partial charge < -0.3 is 9.84 Å². The number of carbonyl (C=O) groups excluding carboxylic acids is 2. The monoisotopic (exact) mass is 360 g/mol. The van der Waals surface area contributed by atoms with E-state index in [0.717, 1.165) is 24.0 Å². The molecule has 1 unspecified atom stereocenters. The molecule has 0 bridgehead atoms. The maximum atomic E-state index is 12.0. The Hall–Kier alpha value is -0.940. The van der Waals surface area contributed by atoms with Crippen molar-refractivity contribution in [2.24, 2.45) is 0 Å². The molecule has 0 spiro atoms. The predicted molar refractivity (Wildman–Crippen MR) is 87.4 cm³/mol. The molecule has 21 heavy (non-hydrogen) atoms. The Balaban J connectivity index is 4.30. The van der Waals surface area contributed by atoms with Gasteiger partial charge in [-0.15, -0.1) is 0 Å². The van der Waals surface area contributed by atoms with Gasteiger partial charge >= 0.3 is 5.97 Å². The standard InChI is InChI=1S/C16H25BrO4/c1-12(6-5-7-13(2)10-11-18)8-9-14(19)16(3,17)15(20)21-4/h6,10,18H,5,7-9,11H2,1-4H3/b12-6?,13-10+. The van der Waals surface area contributed by atoms with Crippen molar-refractivity contribution >= 4 is 27.7 Å². The van der Waals surface area contributed by atoms with Gasteiger partial charge in [0, 0.05) is 6.42 Å². The zero-order chi connectivity index (χ0) is 16.5. The number of aliphatic hydroxyl groups excluding tert-OH is 1. The van der Waals surface area contributed by atoms with Crippen molar-refractivity contribution in [2.45, 2.75) is 50.8 Å². The second kappa shape index (κ2) is 9.90.